The molecule has 0 aliphatic rings. The number of benzene rings is 1. The first-order chi connectivity index (χ1) is 9.25. The zero-order valence-electron chi connectivity index (χ0n) is 9.71. The fourth-order valence-electron chi connectivity index (χ4n) is 1.21. The van der Waals surface area contributed by atoms with Crippen LogP contribution in [0.1, 0.15) is 5.56 Å². The molecule has 0 atom stereocenters. The highest BCUT2D eigenvalue weighted by Gasteiger charge is 2.34. The first kappa shape index (κ1) is 15.4. The average Bonchev–Trinajstić information content (AvgIpc) is 2.36. The Kier molecular flexibility index (Phi) is 4.63. The highest BCUT2D eigenvalue weighted by atomic mass is 19.4. The van der Waals surface area contributed by atoms with Crippen molar-refractivity contribution in [2.75, 3.05) is 11.9 Å². The van der Waals surface area contributed by atoms with Crippen molar-refractivity contribution in [2.45, 2.75) is 6.18 Å². The molecule has 5 nitrogen and oxygen atoms in total. The maximum absolute atomic E-state index is 13.0. The van der Waals surface area contributed by atoms with Crippen LogP contribution in [0.25, 0.3) is 0 Å². The van der Waals surface area contributed by atoms with E-state index in [0.717, 1.165) is 6.07 Å². The maximum Gasteiger partial charge on any atom is 0.419 e. The van der Waals surface area contributed by atoms with Gasteiger partial charge in [-0.25, -0.2) is 4.39 Å². The van der Waals surface area contributed by atoms with Gasteiger partial charge in [-0.3, -0.25) is 9.59 Å². The van der Waals surface area contributed by atoms with Gasteiger partial charge in [0.25, 0.3) is 0 Å². The van der Waals surface area contributed by atoms with Crippen LogP contribution in [0.15, 0.2) is 18.2 Å². The summed E-state index contributed by atoms with van der Waals surface area (Å²) in [5, 5.41) is 11.9. The molecule has 0 saturated heterocycles. The molecule has 0 aliphatic heterocycles. The minimum atomic E-state index is -4.92. The molecule has 1 rings (SSSR count). The van der Waals surface area contributed by atoms with Crippen LogP contribution in [0.4, 0.5) is 23.2 Å². The van der Waals surface area contributed by atoms with Crippen LogP contribution in [-0.2, 0) is 15.8 Å². The van der Waals surface area contributed by atoms with E-state index in [1.165, 1.54) is 0 Å². The Hall–Kier alpha value is -2.63. The summed E-state index contributed by atoms with van der Waals surface area (Å²) in [4.78, 5) is 22.3. The predicted octanol–water partition coefficient (Wildman–Crippen LogP) is 1.42. The molecule has 0 spiro atoms. The van der Waals surface area contributed by atoms with Gasteiger partial charge in [0, 0.05) is 5.69 Å². The zero-order valence-corrected chi connectivity index (χ0v) is 9.71. The lowest BCUT2D eigenvalue weighted by Crippen LogP contribution is -2.35. The topological polar surface area (TPSA) is 82.0 Å². The molecule has 106 valence electrons. The summed E-state index contributed by atoms with van der Waals surface area (Å²) >= 11 is 0. The number of anilines is 1. The van der Waals surface area contributed by atoms with Crippen molar-refractivity contribution in [3.8, 4) is 6.07 Å². The fourth-order valence-corrected chi connectivity index (χ4v) is 1.21. The van der Waals surface area contributed by atoms with E-state index >= 15 is 0 Å². The number of amides is 2. The summed E-state index contributed by atoms with van der Waals surface area (Å²) in [5.74, 6) is -3.95. The molecule has 9 heteroatoms. The van der Waals surface area contributed by atoms with E-state index in [1.807, 2.05) is 10.6 Å². The minimum absolute atomic E-state index is 0.366. The highest BCUT2D eigenvalue weighted by molar-refractivity contribution is 6.39. The molecule has 0 radical (unpaired) electrons. The van der Waals surface area contributed by atoms with E-state index in [1.54, 1.807) is 6.07 Å². The van der Waals surface area contributed by atoms with Gasteiger partial charge in [0.2, 0.25) is 0 Å². The molecule has 1 aromatic rings. The first-order valence-electron chi connectivity index (χ1n) is 5.08. The van der Waals surface area contributed by atoms with Crippen LogP contribution in [0.3, 0.4) is 0 Å². The van der Waals surface area contributed by atoms with Gasteiger partial charge in [-0.2, -0.15) is 18.4 Å². The molecule has 1 aromatic carbocycles. The van der Waals surface area contributed by atoms with Crippen molar-refractivity contribution < 1.29 is 27.2 Å². The monoisotopic (exact) mass is 289 g/mol. The normalized spacial score (nSPS) is 10.6. The van der Waals surface area contributed by atoms with Gasteiger partial charge < -0.3 is 10.6 Å². The van der Waals surface area contributed by atoms with Gasteiger partial charge in [0.1, 0.15) is 12.4 Å². The lowest BCUT2D eigenvalue weighted by Gasteiger charge is -2.10. The van der Waals surface area contributed by atoms with Crippen LogP contribution < -0.4 is 10.6 Å². The molecule has 20 heavy (non-hydrogen) atoms. The van der Waals surface area contributed by atoms with E-state index in [9.17, 15) is 27.2 Å². The second-order valence-electron chi connectivity index (χ2n) is 3.49. The number of alkyl halides is 3. The largest absolute Gasteiger partial charge is 0.419 e. The Morgan fingerprint density at radius 2 is 1.90 bits per heavy atom. The van der Waals surface area contributed by atoms with Gasteiger partial charge in [-0.1, -0.05) is 0 Å². The summed E-state index contributed by atoms with van der Waals surface area (Å²) in [7, 11) is 0. The predicted molar refractivity (Wildman–Crippen MR) is 58.7 cm³/mol. The number of carbonyl (C=O) groups is 2. The molecule has 0 aliphatic carbocycles. The average molecular weight is 289 g/mol. The number of carbonyl (C=O) groups excluding carboxylic acids is 2. The molecular formula is C11H7F4N3O2. The quantitative estimate of drug-likeness (QED) is 0.491. The molecule has 2 amide bonds. The summed E-state index contributed by atoms with van der Waals surface area (Å²) < 4.78 is 50.2. The Morgan fingerprint density at radius 1 is 1.25 bits per heavy atom. The lowest BCUT2D eigenvalue weighted by molar-refractivity contribution is -0.140. The number of rotatable bonds is 2. The SMILES string of the molecule is N#CCNC(=O)C(=O)Nc1ccc(F)c(C(F)(F)F)c1. The number of hydrogen-bond donors (Lipinski definition) is 2. The third kappa shape index (κ3) is 3.94. The standard InChI is InChI=1S/C11H7F4N3O2/c12-8-2-1-6(5-7(8)11(13,14)15)18-10(20)9(19)17-4-3-16/h1-2,5H,4H2,(H,17,19)(H,18,20). The number of nitrogens with zero attached hydrogens (tertiary/aromatic N) is 1. The van der Waals surface area contributed by atoms with Gasteiger partial charge >= 0.3 is 18.0 Å². The summed E-state index contributed by atoms with van der Waals surface area (Å²) in [6, 6.07) is 3.30. The third-order valence-electron chi connectivity index (χ3n) is 2.06. The van der Waals surface area contributed by atoms with Crippen molar-refractivity contribution in [3.63, 3.8) is 0 Å². The zero-order chi connectivity index (χ0) is 15.3. The molecule has 0 bridgehead atoms. The lowest BCUT2D eigenvalue weighted by atomic mass is 10.2. The van der Waals surface area contributed by atoms with Crippen molar-refractivity contribution in [1.82, 2.24) is 5.32 Å². The van der Waals surface area contributed by atoms with Gasteiger partial charge in [0.15, 0.2) is 0 Å². The molecule has 0 unspecified atom stereocenters. The number of nitriles is 1. The van der Waals surface area contributed by atoms with Crippen LogP contribution in [0.2, 0.25) is 0 Å². The van der Waals surface area contributed by atoms with Crippen LogP contribution in [-0.4, -0.2) is 18.4 Å². The van der Waals surface area contributed by atoms with Crippen molar-refractivity contribution in [3.05, 3.63) is 29.6 Å². The number of hydrogen-bond acceptors (Lipinski definition) is 3. The van der Waals surface area contributed by atoms with Gasteiger partial charge in [0.05, 0.1) is 11.6 Å². The second-order valence-corrected chi connectivity index (χ2v) is 3.49. The van der Waals surface area contributed by atoms with Crippen LogP contribution in [0.5, 0.6) is 0 Å². The summed E-state index contributed by atoms with van der Waals surface area (Å²) in [5.41, 5.74) is -1.96. The molecular weight excluding hydrogens is 282 g/mol. The number of halogens is 4. The van der Waals surface area contributed by atoms with E-state index in [4.69, 9.17) is 5.26 Å². The molecule has 0 aromatic heterocycles. The van der Waals surface area contributed by atoms with Gasteiger partial charge in [-0.05, 0) is 18.2 Å². The number of nitrogens with one attached hydrogen (secondary N) is 2. The first-order valence-corrected chi connectivity index (χ1v) is 5.08. The Morgan fingerprint density at radius 3 is 2.45 bits per heavy atom. The van der Waals surface area contributed by atoms with Crippen LogP contribution in [0, 0.1) is 17.1 Å². The fraction of sp³-hybridized carbons (Fsp3) is 0.182. The summed E-state index contributed by atoms with van der Waals surface area (Å²) in [6.45, 7) is -0.427. The van der Waals surface area contributed by atoms with Crippen molar-refractivity contribution >= 4 is 17.5 Å². The van der Waals surface area contributed by atoms with E-state index in [0.29, 0.717) is 12.1 Å². The Bertz CT molecular complexity index is 578. The molecule has 2 N–H and O–H groups in total. The third-order valence-corrected chi connectivity index (χ3v) is 2.06. The molecule has 0 saturated carbocycles. The van der Waals surface area contributed by atoms with Crippen LogP contribution >= 0.6 is 0 Å². The second kappa shape index (κ2) is 6.01. The summed E-state index contributed by atoms with van der Waals surface area (Å²) in [6.07, 6.45) is -4.92. The maximum atomic E-state index is 13.0. The van der Waals surface area contributed by atoms with Gasteiger partial charge in [-0.15, -0.1) is 0 Å². The highest BCUT2D eigenvalue weighted by Crippen LogP contribution is 2.32. The van der Waals surface area contributed by atoms with E-state index in [2.05, 4.69) is 0 Å². The van der Waals surface area contributed by atoms with Crippen molar-refractivity contribution in [1.29, 1.82) is 5.26 Å². The molecule has 0 heterocycles. The smallest absolute Gasteiger partial charge is 0.335 e. The molecule has 0 fully saturated rings. The Labute approximate surface area is 110 Å². The Balaban J connectivity index is 2.87. The van der Waals surface area contributed by atoms with E-state index < -0.39 is 41.6 Å². The van der Waals surface area contributed by atoms with E-state index in [-0.39, 0.29) is 0 Å². The minimum Gasteiger partial charge on any atom is -0.335 e. The van der Waals surface area contributed by atoms with Crippen molar-refractivity contribution in [2.24, 2.45) is 0 Å².